The summed E-state index contributed by atoms with van der Waals surface area (Å²) in [7, 11) is 0. The van der Waals surface area contributed by atoms with Crippen LogP contribution in [0.3, 0.4) is 0 Å². The van der Waals surface area contributed by atoms with Crippen molar-refractivity contribution in [2.45, 2.75) is 6.17 Å². The number of phenolic OH excluding ortho intramolecular Hbond substituents is 1. The lowest BCUT2D eigenvalue weighted by atomic mass is 10.1. The summed E-state index contributed by atoms with van der Waals surface area (Å²) in [4.78, 5) is 8.48. The average molecular weight is 289 g/mol. The smallest absolute Gasteiger partial charge is 0.297 e. The van der Waals surface area contributed by atoms with Gasteiger partial charge in [-0.3, -0.25) is 4.98 Å². The van der Waals surface area contributed by atoms with E-state index in [1.54, 1.807) is 30.7 Å². The van der Waals surface area contributed by atoms with Crippen LogP contribution in [0.15, 0.2) is 71.0 Å². The summed E-state index contributed by atoms with van der Waals surface area (Å²) in [6.45, 7) is 0. The number of allylic oxidation sites excluding steroid dienone is 1. The van der Waals surface area contributed by atoms with Gasteiger partial charge >= 0.3 is 0 Å². The highest BCUT2D eigenvalue weighted by Crippen LogP contribution is 2.18. The molecule has 0 radical (unpaired) electrons. The Morgan fingerprint density at radius 2 is 1.91 bits per heavy atom. The fraction of sp³-hybridized carbons (Fsp3) is 0.0588. The Balaban J connectivity index is 1.81. The van der Waals surface area contributed by atoms with Crippen molar-refractivity contribution in [3.8, 4) is 5.75 Å². The molecule has 2 aromatic rings. The predicted octanol–water partition coefficient (Wildman–Crippen LogP) is 1.97. The van der Waals surface area contributed by atoms with Gasteiger partial charge in [0.25, 0.3) is 11.9 Å². The minimum atomic E-state index is -0.122. The highest BCUT2D eigenvalue weighted by molar-refractivity contribution is 6.36. The molecule has 0 bridgehead atoms. The molecule has 106 valence electrons. The number of hydrogen-bond acceptors (Lipinski definition) is 4. The number of aromatic nitrogens is 1. The molecule has 1 atom stereocenters. The first-order chi connectivity index (χ1) is 10.8. The number of nitrogens with zero attached hydrogens (tertiary/aromatic N) is 4. The Hall–Kier alpha value is -3.08. The number of aliphatic imine (C=N–C) groups is 1. The second-order valence-electron chi connectivity index (χ2n) is 5.05. The summed E-state index contributed by atoms with van der Waals surface area (Å²) >= 11 is 0. The quantitative estimate of drug-likeness (QED) is 0.859. The lowest BCUT2D eigenvalue weighted by Gasteiger charge is -2.07. The monoisotopic (exact) mass is 289 g/mol. The normalized spacial score (nSPS) is 19.3. The Labute approximate surface area is 127 Å². The molecule has 5 nitrogen and oxygen atoms in total. The Bertz CT molecular complexity index is 850. The van der Waals surface area contributed by atoms with Gasteiger partial charge in [0, 0.05) is 29.1 Å². The van der Waals surface area contributed by atoms with Crippen molar-refractivity contribution >= 4 is 17.6 Å². The van der Waals surface area contributed by atoms with E-state index in [0.717, 1.165) is 22.6 Å². The van der Waals surface area contributed by atoms with Crippen LogP contribution in [-0.2, 0) is 0 Å². The number of fused-ring (bicyclic) bond motifs is 1. The van der Waals surface area contributed by atoms with Gasteiger partial charge in [-0.05, 0) is 36.4 Å². The molecular formula is C17H13N4O+. The van der Waals surface area contributed by atoms with Gasteiger partial charge in [0.05, 0.1) is 5.56 Å². The summed E-state index contributed by atoms with van der Waals surface area (Å²) in [6, 6.07) is 11.0. The summed E-state index contributed by atoms with van der Waals surface area (Å²) in [5, 5.41) is 14.4. The molecule has 0 fully saturated rings. The molecule has 3 heterocycles. The molecule has 0 amide bonds. The third-order valence-electron chi connectivity index (χ3n) is 3.61. The number of phenols is 1. The number of rotatable bonds is 2. The van der Waals surface area contributed by atoms with Crippen molar-refractivity contribution < 1.29 is 9.79 Å². The minimum absolute atomic E-state index is 0.122. The van der Waals surface area contributed by atoms with Gasteiger partial charge in [-0.25, -0.2) is 4.99 Å². The maximum Gasteiger partial charge on any atom is 0.297 e. The first-order valence-electron chi connectivity index (χ1n) is 6.97. The Morgan fingerprint density at radius 3 is 2.73 bits per heavy atom. The van der Waals surface area contributed by atoms with E-state index in [0.29, 0.717) is 0 Å². The summed E-state index contributed by atoms with van der Waals surface area (Å²) in [5.41, 5.74) is 3.63. The van der Waals surface area contributed by atoms with Gasteiger partial charge in [-0.2, -0.15) is 0 Å². The van der Waals surface area contributed by atoms with Crippen LogP contribution in [0.25, 0.3) is 0 Å². The molecule has 5 heteroatoms. The van der Waals surface area contributed by atoms with Crippen LogP contribution in [0.1, 0.15) is 11.1 Å². The zero-order chi connectivity index (χ0) is 14.9. The maximum atomic E-state index is 9.67. The van der Waals surface area contributed by atoms with E-state index in [4.69, 9.17) is 5.10 Å². The standard InChI is InChI=1S/C17H12N4O/c22-14-3-1-2-13(10-14)16-11-19-17-5-4-15(20-21(16)17)12-6-8-18-9-7-12/h1-11,17H/p+1. The van der Waals surface area contributed by atoms with Gasteiger partial charge in [-0.1, -0.05) is 10.8 Å². The highest BCUT2D eigenvalue weighted by atomic mass is 16.3. The van der Waals surface area contributed by atoms with Gasteiger partial charge in [-0.15, -0.1) is 0 Å². The number of pyridine rings is 1. The summed E-state index contributed by atoms with van der Waals surface area (Å²) < 4.78 is 1.87. The minimum Gasteiger partial charge on any atom is -0.508 e. The van der Waals surface area contributed by atoms with E-state index in [-0.39, 0.29) is 11.9 Å². The van der Waals surface area contributed by atoms with Gasteiger partial charge < -0.3 is 5.11 Å². The van der Waals surface area contributed by atoms with Crippen LogP contribution in [0, 0.1) is 0 Å². The topological polar surface area (TPSA) is 60.9 Å². The summed E-state index contributed by atoms with van der Waals surface area (Å²) in [5.74, 6) is 0.229. The van der Waals surface area contributed by atoms with Crippen LogP contribution >= 0.6 is 0 Å². The third-order valence-corrected chi connectivity index (χ3v) is 3.61. The zero-order valence-corrected chi connectivity index (χ0v) is 11.7. The molecule has 0 aliphatic carbocycles. The highest BCUT2D eigenvalue weighted by Gasteiger charge is 2.32. The van der Waals surface area contributed by atoms with Crippen molar-refractivity contribution in [2.75, 3.05) is 0 Å². The predicted molar refractivity (Wildman–Crippen MR) is 84.7 cm³/mol. The molecule has 1 N–H and O–H groups in total. The van der Waals surface area contributed by atoms with Crippen molar-refractivity contribution in [2.24, 2.45) is 10.1 Å². The van der Waals surface area contributed by atoms with Crippen LogP contribution in [0.2, 0.25) is 0 Å². The molecule has 1 unspecified atom stereocenters. The molecule has 1 aromatic heterocycles. The molecular weight excluding hydrogens is 276 g/mol. The number of hydrazone groups is 1. The van der Waals surface area contributed by atoms with Crippen molar-refractivity contribution in [3.05, 3.63) is 72.1 Å². The second kappa shape index (κ2) is 5.04. The third kappa shape index (κ3) is 2.13. The van der Waals surface area contributed by atoms with Crippen molar-refractivity contribution in [1.29, 1.82) is 0 Å². The molecule has 0 saturated heterocycles. The summed E-state index contributed by atoms with van der Waals surface area (Å²) in [6.07, 6.45) is 9.15. The van der Waals surface area contributed by atoms with Crippen LogP contribution in [0.5, 0.6) is 5.75 Å². The van der Waals surface area contributed by atoms with Crippen LogP contribution in [-0.4, -0.2) is 38.6 Å². The number of aromatic hydroxyl groups is 1. The Kier molecular flexibility index (Phi) is 2.89. The second-order valence-corrected chi connectivity index (χ2v) is 5.05. The van der Waals surface area contributed by atoms with E-state index in [2.05, 4.69) is 9.98 Å². The fourth-order valence-electron chi connectivity index (χ4n) is 2.53. The molecule has 22 heavy (non-hydrogen) atoms. The van der Waals surface area contributed by atoms with E-state index < -0.39 is 0 Å². The van der Waals surface area contributed by atoms with Crippen LogP contribution < -0.4 is 0 Å². The largest absolute Gasteiger partial charge is 0.508 e. The molecule has 2 aliphatic heterocycles. The van der Waals surface area contributed by atoms with E-state index >= 15 is 0 Å². The van der Waals surface area contributed by atoms with Crippen molar-refractivity contribution in [1.82, 2.24) is 4.98 Å². The fourth-order valence-corrected chi connectivity index (χ4v) is 2.53. The lowest BCUT2D eigenvalue weighted by Crippen LogP contribution is -2.25. The van der Waals surface area contributed by atoms with Gasteiger partial charge in [0.1, 0.15) is 17.7 Å². The average Bonchev–Trinajstić information content (AvgIpc) is 2.99. The SMILES string of the molecule is Oc1cccc(C2=[N+]3N=C(c4ccncc4)C=CC3N=C2)c1. The molecule has 0 saturated carbocycles. The van der Waals surface area contributed by atoms with Crippen molar-refractivity contribution in [3.63, 3.8) is 0 Å². The number of benzene rings is 1. The van der Waals surface area contributed by atoms with Gasteiger partial charge in [0.2, 0.25) is 0 Å². The van der Waals surface area contributed by atoms with Gasteiger partial charge in [0.15, 0.2) is 0 Å². The molecule has 0 spiro atoms. The zero-order valence-electron chi connectivity index (χ0n) is 11.7. The van der Waals surface area contributed by atoms with E-state index in [1.807, 2.05) is 41.1 Å². The lowest BCUT2D eigenvalue weighted by molar-refractivity contribution is -0.553. The first-order valence-corrected chi connectivity index (χ1v) is 6.97. The Morgan fingerprint density at radius 1 is 1.05 bits per heavy atom. The molecule has 4 rings (SSSR count). The molecule has 1 aromatic carbocycles. The number of hydrogen-bond donors (Lipinski definition) is 1. The van der Waals surface area contributed by atoms with E-state index in [1.165, 1.54) is 0 Å². The maximum absolute atomic E-state index is 9.67. The van der Waals surface area contributed by atoms with E-state index in [9.17, 15) is 5.11 Å². The molecule has 2 aliphatic rings. The van der Waals surface area contributed by atoms with Crippen LogP contribution in [0.4, 0.5) is 0 Å². The first kappa shape index (κ1) is 12.6.